The summed E-state index contributed by atoms with van der Waals surface area (Å²) < 4.78 is 1.17. The molecule has 1 fully saturated rings. The van der Waals surface area contributed by atoms with Gasteiger partial charge in [-0.15, -0.1) is 24.0 Å². The van der Waals surface area contributed by atoms with Gasteiger partial charge in [-0.05, 0) is 42.2 Å². The molecule has 0 unspecified atom stereocenters. The third kappa shape index (κ3) is 5.47. The monoisotopic (exact) mass is 556 g/mol. The minimum atomic E-state index is -0.0752. The number of guanidine groups is 1. The fourth-order valence-corrected chi connectivity index (χ4v) is 3.87. The van der Waals surface area contributed by atoms with E-state index in [1.807, 2.05) is 30.3 Å². The van der Waals surface area contributed by atoms with Crippen LogP contribution in [0.2, 0.25) is 0 Å². The van der Waals surface area contributed by atoms with E-state index in [2.05, 4.69) is 55.1 Å². The standard InChI is InChI=1S/C21H25BrN4O.HI/c1-23-19(27)16-9-7-15(8-10-16)13-25-20(24-2)26-14-21(11-12-21)17-5-3-4-6-18(17)22;/h3-10H,11-14H2,1-2H3,(H,23,27)(H2,24,25,26);1H. The predicted octanol–water partition coefficient (Wildman–Crippen LogP) is 3.82. The first kappa shape index (κ1) is 22.7. The lowest BCUT2D eigenvalue weighted by molar-refractivity contribution is 0.0963. The predicted molar refractivity (Wildman–Crippen MR) is 129 cm³/mol. The van der Waals surface area contributed by atoms with E-state index in [0.717, 1.165) is 18.1 Å². The SMILES string of the molecule is CN=C(NCc1ccc(C(=O)NC)cc1)NCC1(c2ccccc2Br)CC1.I. The Morgan fingerprint density at radius 3 is 2.36 bits per heavy atom. The first-order valence-electron chi connectivity index (χ1n) is 9.08. The summed E-state index contributed by atoms with van der Waals surface area (Å²) in [4.78, 5) is 15.9. The largest absolute Gasteiger partial charge is 0.356 e. The number of nitrogens with zero attached hydrogens (tertiary/aromatic N) is 1. The van der Waals surface area contributed by atoms with E-state index in [1.54, 1.807) is 14.1 Å². The number of nitrogens with one attached hydrogen (secondary N) is 3. The molecule has 1 aliphatic carbocycles. The lowest BCUT2D eigenvalue weighted by atomic mass is 9.96. The van der Waals surface area contributed by atoms with Crippen molar-refractivity contribution >= 4 is 51.8 Å². The number of carbonyl (C=O) groups is 1. The lowest BCUT2D eigenvalue weighted by Gasteiger charge is -2.20. The van der Waals surface area contributed by atoms with Crippen molar-refractivity contribution in [2.24, 2.45) is 4.99 Å². The Morgan fingerprint density at radius 1 is 1.11 bits per heavy atom. The van der Waals surface area contributed by atoms with Crippen molar-refractivity contribution in [1.29, 1.82) is 0 Å². The number of aliphatic imine (C=N–C) groups is 1. The van der Waals surface area contributed by atoms with Crippen LogP contribution in [0.25, 0.3) is 0 Å². The van der Waals surface area contributed by atoms with Crippen molar-refractivity contribution in [1.82, 2.24) is 16.0 Å². The van der Waals surface area contributed by atoms with Gasteiger partial charge in [-0.1, -0.05) is 46.3 Å². The van der Waals surface area contributed by atoms with Gasteiger partial charge in [-0.2, -0.15) is 0 Å². The number of carbonyl (C=O) groups excluding carboxylic acids is 1. The summed E-state index contributed by atoms with van der Waals surface area (Å²) in [5.74, 6) is 0.706. The van der Waals surface area contributed by atoms with Gasteiger partial charge in [0.15, 0.2) is 5.96 Å². The molecule has 0 spiro atoms. The molecule has 28 heavy (non-hydrogen) atoms. The zero-order chi connectivity index (χ0) is 19.3. The summed E-state index contributed by atoms with van der Waals surface area (Å²) in [6.45, 7) is 1.50. The topological polar surface area (TPSA) is 65.5 Å². The van der Waals surface area contributed by atoms with Crippen molar-refractivity contribution in [2.45, 2.75) is 24.8 Å². The highest BCUT2D eigenvalue weighted by molar-refractivity contribution is 14.0. The second-order valence-corrected chi connectivity index (χ2v) is 7.67. The van der Waals surface area contributed by atoms with Crippen LogP contribution in [0.15, 0.2) is 58.0 Å². The van der Waals surface area contributed by atoms with Gasteiger partial charge < -0.3 is 16.0 Å². The van der Waals surface area contributed by atoms with E-state index in [4.69, 9.17) is 0 Å². The summed E-state index contributed by atoms with van der Waals surface area (Å²) in [5, 5.41) is 9.43. The van der Waals surface area contributed by atoms with Crippen molar-refractivity contribution in [2.75, 3.05) is 20.6 Å². The maximum Gasteiger partial charge on any atom is 0.251 e. The normalized spacial score (nSPS) is 14.6. The molecule has 1 amide bonds. The molecule has 0 radical (unpaired) electrons. The van der Waals surface area contributed by atoms with Gasteiger partial charge in [0, 0.05) is 42.6 Å². The molecule has 1 saturated carbocycles. The van der Waals surface area contributed by atoms with Crippen LogP contribution in [0.1, 0.15) is 34.3 Å². The highest BCUT2D eigenvalue weighted by Gasteiger charge is 2.45. The highest BCUT2D eigenvalue weighted by Crippen LogP contribution is 2.49. The van der Waals surface area contributed by atoms with E-state index in [9.17, 15) is 4.79 Å². The van der Waals surface area contributed by atoms with E-state index >= 15 is 0 Å². The summed E-state index contributed by atoms with van der Waals surface area (Å²) in [6.07, 6.45) is 2.36. The maximum absolute atomic E-state index is 11.6. The maximum atomic E-state index is 11.6. The van der Waals surface area contributed by atoms with E-state index < -0.39 is 0 Å². The van der Waals surface area contributed by atoms with E-state index in [1.165, 1.54) is 22.9 Å². The Kier molecular flexibility index (Phi) is 8.30. The molecule has 2 aromatic rings. The van der Waals surface area contributed by atoms with Gasteiger partial charge in [0.2, 0.25) is 0 Å². The van der Waals surface area contributed by atoms with Gasteiger partial charge in [0.1, 0.15) is 0 Å². The Bertz CT molecular complexity index is 835. The van der Waals surface area contributed by atoms with Gasteiger partial charge >= 0.3 is 0 Å². The molecule has 150 valence electrons. The Morgan fingerprint density at radius 2 is 1.79 bits per heavy atom. The quantitative estimate of drug-likeness (QED) is 0.288. The number of benzene rings is 2. The van der Waals surface area contributed by atoms with Crippen molar-refractivity contribution in [3.8, 4) is 0 Å². The average Bonchev–Trinajstić information content (AvgIpc) is 3.49. The minimum absolute atomic E-state index is 0. The lowest BCUT2D eigenvalue weighted by Crippen LogP contribution is -2.41. The van der Waals surface area contributed by atoms with E-state index in [-0.39, 0.29) is 35.3 Å². The van der Waals surface area contributed by atoms with Crippen LogP contribution in [0.5, 0.6) is 0 Å². The van der Waals surface area contributed by atoms with Gasteiger partial charge in [0.25, 0.3) is 5.91 Å². The fourth-order valence-electron chi connectivity index (χ4n) is 3.16. The van der Waals surface area contributed by atoms with Crippen LogP contribution in [0, 0.1) is 0 Å². The van der Waals surface area contributed by atoms with Crippen molar-refractivity contribution in [3.05, 3.63) is 69.7 Å². The smallest absolute Gasteiger partial charge is 0.251 e. The van der Waals surface area contributed by atoms with Crippen LogP contribution >= 0.6 is 39.9 Å². The zero-order valence-corrected chi connectivity index (χ0v) is 20.0. The first-order valence-corrected chi connectivity index (χ1v) is 9.88. The van der Waals surface area contributed by atoms with Crippen molar-refractivity contribution in [3.63, 3.8) is 0 Å². The van der Waals surface area contributed by atoms with E-state index in [0.29, 0.717) is 12.1 Å². The van der Waals surface area contributed by atoms with Crippen LogP contribution in [0.3, 0.4) is 0 Å². The van der Waals surface area contributed by atoms with Crippen molar-refractivity contribution < 1.29 is 4.79 Å². The highest BCUT2D eigenvalue weighted by atomic mass is 127. The zero-order valence-electron chi connectivity index (χ0n) is 16.1. The Balaban J connectivity index is 0.00000280. The third-order valence-corrected chi connectivity index (χ3v) is 5.71. The molecule has 2 aromatic carbocycles. The average molecular weight is 557 g/mol. The molecule has 0 atom stereocenters. The summed E-state index contributed by atoms with van der Waals surface area (Å²) in [6, 6.07) is 16.0. The van der Waals surface area contributed by atoms with Crippen LogP contribution < -0.4 is 16.0 Å². The molecule has 0 heterocycles. The summed E-state index contributed by atoms with van der Waals surface area (Å²) in [7, 11) is 3.41. The van der Waals surface area contributed by atoms with Gasteiger partial charge in [-0.3, -0.25) is 9.79 Å². The summed E-state index contributed by atoms with van der Waals surface area (Å²) in [5.41, 5.74) is 3.30. The fraction of sp³-hybridized carbons (Fsp3) is 0.333. The first-order chi connectivity index (χ1) is 13.1. The molecule has 5 nitrogen and oxygen atoms in total. The summed E-state index contributed by atoms with van der Waals surface area (Å²) >= 11 is 3.68. The molecule has 7 heteroatoms. The van der Waals surface area contributed by atoms with Gasteiger partial charge in [0.05, 0.1) is 0 Å². The second kappa shape index (κ2) is 10.2. The number of halogens is 2. The second-order valence-electron chi connectivity index (χ2n) is 6.82. The molecule has 0 aromatic heterocycles. The number of amides is 1. The molecular formula is C21H26BrIN4O. The van der Waals surface area contributed by atoms with Crippen LogP contribution in [-0.4, -0.2) is 32.5 Å². The third-order valence-electron chi connectivity index (χ3n) is 5.02. The number of hydrogen-bond acceptors (Lipinski definition) is 2. The molecule has 0 aliphatic heterocycles. The molecule has 3 rings (SSSR count). The van der Waals surface area contributed by atoms with Gasteiger partial charge in [-0.25, -0.2) is 0 Å². The number of hydrogen-bond donors (Lipinski definition) is 3. The molecule has 1 aliphatic rings. The Hall–Kier alpha value is -1.61. The minimum Gasteiger partial charge on any atom is -0.356 e. The van der Waals surface area contributed by atoms with Crippen LogP contribution in [-0.2, 0) is 12.0 Å². The Labute approximate surface area is 191 Å². The molecule has 0 bridgehead atoms. The molecule has 3 N–H and O–H groups in total. The number of rotatable bonds is 6. The van der Waals surface area contributed by atoms with Crippen LogP contribution in [0.4, 0.5) is 0 Å². The molecular weight excluding hydrogens is 531 g/mol. The molecule has 0 saturated heterocycles.